The summed E-state index contributed by atoms with van der Waals surface area (Å²) in [5.41, 5.74) is 1.67. The highest BCUT2D eigenvalue weighted by Gasteiger charge is 2.37. The molecule has 3 heterocycles. The lowest BCUT2D eigenvalue weighted by molar-refractivity contribution is -0.141. The number of pyridine rings is 1. The molecule has 202 valence electrons. The van der Waals surface area contributed by atoms with Gasteiger partial charge in [-0.05, 0) is 56.2 Å². The number of anilines is 1. The summed E-state index contributed by atoms with van der Waals surface area (Å²) in [6.45, 7) is 4.35. The molecule has 0 bridgehead atoms. The third kappa shape index (κ3) is 5.94. The van der Waals surface area contributed by atoms with E-state index >= 15 is 0 Å². The number of aryl methyl sites for hydroxylation is 1. The lowest BCUT2D eigenvalue weighted by atomic mass is 10.1. The van der Waals surface area contributed by atoms with Crippen LogP contribution < -0.4 is 13.8 Å². The van der Waals surface area contributed by atoms with Crippen molar-refractivity contribution in [2.24, 2.45) is 0 Å². The molecular formula is C26H29ClN4O6S. The Balaban J connectivity index is 1.75. The molecule has 0 aliphatic carbocycles. The van der Waals surface area contributed by atoms with Crippen LogP contribution in [0.2, 0.25) is 5.02 Å². The van der Waals surface area contributed by atoms with E-state index in [0.29, 0.717) is 28.7 Å². The van der Waals surface area contributed by atoms with E-state index in [1.807, 2.05) is 6.92 Å². The van der Waals surface area contributed by atoms with Gasteiger partial charge in [-0.25, -0.2) is 8.42 Å². The maximum absolute atomic E-state index is 14.0. The van der Waals surface area contributed by atoms with Crippen LogP contribution >= 0.6 is 11.6 Å². The van der Waals surface area contributed by atoms with Crippen LogP contribution in [0.15, 0.2) is 47.6 Å². The summed E-state index contributed by atoms with van der Waals surface area (Å²) < 4.78 is 47.3. The standard InChI is InChI=1S/C26H29ClN4O6S/c1-4-30-17-24(26(29-30)36-5-2)38(33,34)31-16-19(10-13-25(32)35-3)37-23-12-9-18(15-22(23)31)8-11-21-20(27)7-6-14-28-21/h6-9,11-12,14-15,17,19H,4-5,10,13,16H2,1-3H3/b11-8+/t19-/m0/s1. The van der Waals surface area contributed by atoms with E-state index in [1.165, 1.54) is 22.3 Å². The fourth-order valence-corrected chi connectivity index (χ4v) is 5.73. The summed E-state index contributed by atoms with van der Waals surface area (Å²) in [5, 5.41) is 4.78. The van der Waals surface area contributed by atoms with Crippen molar-refractivity contribution in [3.63, 3.8) is 0 Å². The van der Waals surface area contributed by atoms with E-state index in [4.69, 9.17) is 25.8 Å². The average Bonchev–Trinajstić information content (AvgIpc) is 3.35. The summed E-state index contributed by atoms with van der Waals surface area (Å²) in [6, 6.07) is 8.72. The van der Waals surface area contributed by atoms with Crippen LogP contribution in [-0.4, -0.2) is 55.5 Å². The first-order valence-corrected chi connectivity index (χ1v) is 14.0. The summed E-state index contributed by atoms with van der Waals surface area (Å²) in [4.78, 5) is 16.0. The van der Waals surface area contributed by atoms with Gasteiger partial charge in [0.1, 0.15) is 11.9 Å². The molecule has 0 unspecified atom stereocenters. The summed E-state index contributed by atoms with van der Waals surface area (Å²) >= 11 is 6.22. The van der Waals surface area contributed by atoms with Gasteiger partial charge in [-0.2, -0.15) is 0 Å². The second-order valence-electron chi connectivity index (χ2n) is 8.41. The number of ether oxygens (including phenoxy) is 3. The van der Waals surface area contributed by atoms with Crippen LogP contribution in [0, 0.1) is 0 Å². The van der Waals surface area contributed by atoms with Gasteiger partial charge in [0.05, 0.1) is 36.7 Å². The maximum atomic E-state index is 14.0. The van der Waals surface area contributed by atoms with E-state index in [9.17, 15) is 13.2 Å². The molecule has 0 radical (unpaired) electrons. The van der Waals surface area contributed by atoms with Gasteiger partial charge in [0.2, 0.25) is 0 Å². The Hall–Kier alpha value is -3.57. The van der Waals surface area contributed by atoms with Crippen molar-refractivity contribution >= 4 is 45.4 Å². The fourth-order valence-electron chi connectivity index (χ4n) is 3.97. The molecule has 0 amide bonds. The Labute approximate surface area is 226 Å². The zero-order chi connectivity index (χ0) is 27.3. The van der Waals surface area contributed by atoms with E-state index in [2.05, 4.69) is 10.1 Å². The molecule has 12 heteroatoms. The molecule has 0 spiro atoms. The van der Waals surface area contributed by atoms with Crippen molar-refractivity contribution < 1.29 is 27.4 Å². The minimum Gasteiger partial charge on any atom is -0.486 e. The predicted octanol–water partition coefficient (Wildman–Crippen LogP) is 4.43. The normalized spacial score (nSPS) is 15.3. The first-order chi connectivity index (χ1) is 18.3. The molecule has 0 saturated carbocycles. The summed E-state index contributed by atoms with van der Waals surface area (Å²) in [6.07, 6.45) is 6.46. The van der Waals surface area contributed by atoms with Crippen molar-refractivity contribution in [3.05, 3.63) is 59.0 Å². The molecule has 0 fully saturated rings. The molecular weight excluding hydrogens is 532 g/mol. The lowest BCUT2D eigenvalue weighted by Crippen LogP contribution is -2.43. The number of aromatic nitrogens is 3. The van der Waals surface area contributed by atoms with Crippen LogP contribution in [0.3, 0.4) is 0 Å². The Morgan fingerprint density at radius 1 is 1.26 bits per heavy atom. The molecule has 0 saturated heterocycles. The number of benzene rings is 1. The highest BCUT2D eigenvalue weighted by Crippen LogP contribution is 2.40. The number of carbonyl (C=O) groups excluding carboxylic acids is 1. The molecule has 3 aromatic rings. The molecule has 1 aliphatic heterocycles. The van der Waals surface area contributed by atoms with Crippen LogP contribution in [-0.2, 0) is 26.1 Å². The molecule has 1 aliphatic rings. The summed E-state index contributed by atoms with van der Waals surface area (Å²) in [7, 11) is -2.80. The quantitative estimate of drug-likeness (QED) is 0.335. The molecule has 1 atom stereocenters. The van der Waals surface area contributed by atoms with Gasteiger partial charge in [-0.3, -0.25) is 18.8 Å². The van der Waals surface area contributed by atoms with Gasteiger partial charge < -0.3 is 14.2 Å². The Kier molecular flexibility index (Phi) is 8.58. The second kappa shape index (κ2) is 11.9. The van der Waals surface area contributed by atoms with E-state index in [1.54, 1.807) is 55.6 Å². The van der Waals surface area contributed by atoms with Gasteiger partial charge in [0.25, 0.3) is 15.9 Å². The zero-order valence-electron chi connectivity index (χ0n) is 21.3. The van der Waals surface area contributed by atoms with Crippen LogP contribution in [0.1, 0.15) is 37.9 Å². The molecule has 4 rings (SSSR count). The Bertz CT molecular complexity index is 1440. The fraction of sp³-hybridized carbons (Fsp3) is 0.346. The minimum absolute atomic E-state index is 0.00552. The van der Waals surface area contributed by atoms with Gasteiger partial charge in [0.15, 0.2) is 4.90 Å². The van der Waals surface area contributed by atoms with Crippen molar-refractivity contribution in [3.8, 4) is 11.6 Å². The molecule has 0 N–H and O–H groups in total. The first kappa shape index (κ1) is 27.5. The minimum atomic E-state index is -4.11. The van der Waals surface area contributed by atoms with Gasteiger partial charge >= 0.3 is 5.97 Å². The largest absolute Gasteiger partial charge is 0.486 e. The van der Waals surface area contributed by atoms with E-state index in [0.717, 1.165) is 5.56 Å². The van der Waals surface area contributed by atoms with E-state index < -0.39 is 22.1 Å². The maximum Gasteiger partial charge on any atom is 0.305 e. The van der Waals surface area contributed by atoms with Crippen LogP contribution in [0.5, 0.6) is 11.6 Å². The highest BCUT2D eigenvalue weighted by atomic mass is 35.5. The zero-order valence-corrected chi connectivity index (χ0v) is 22.9. The topological polar surface area (TPSA) is 113 Å². The number of hydrogen-bond donors (Lipinski definition) is 0. The molecule has 1 aromatic carbocycles. The number of carbonyl (C=O) groups is 1. The number of methoxy groups -OCH3 is 1. The number of halogens is 1. The highest BCUT2D eigenvalue weighted by molar-refractivity contribution is 7.93. The number of hydrogen-bond acceptors (Lipinski definition) is 8. The van der Waals surface area contributed by atoms with Crippen molar-refractivity contribution in [2.45, 2.75) is 44.2 Å². The average molecular weight is 561 g/mol. The summed E-state index contributed by atoms with van der Waals surface area (Å²) in [5.74, 6) is 0.0169. The van der Waals surface area contributed by atoms with E-state index in [-0.39, 0.29) is 36.8 Å². The van der Waals surface area contributed by atoms with Gasteiger partial charge in [0, 0.05) is 25.4 Å². The Morgan fingerprint density at radius 3 is 2.79 bits per heavy atom. The van der Waals surface area contributed by atoms with Crippen LogP contribution in [0.25, 0.3) is 12.2 Å². The van der Waals surface area contributed by atoms with Crippen molar-refractivity contribution in [1.29, 1.82) is 0 Å². The second-order valence-corrected chi connectivity index (χ2v) is 10.6. The van der Waals surface area contributed by atoms with Gasteiger partial charge in [-0.15, -0.1) is 5.10 Å². The van der Waals surface area contributed by atoms with Gasteiger partial charge in [-0.1, -0.05) is 23.7 Å². The first-order valence-electron chi connectivity index (χ1n) is 12.2. The molecule has 10 nitrogen and oxygen atoms in total. The third-order valence-corrected chi connectivity index (χ3v) is 7.98. The van der Waals surface area contributed by atoms with Crippen molar-refractivity contribution in [2.75, 3.05) is 24.6 Å². The Morgan fingerprint density at radius 2 is 2.08 bits per heavy atom. The number of rotatable bonds is 10. The van der Waals surface area contributed by atoms with Crippen molar-refractivity contribution in [1.82, 2.24) is 14.8 Å². The molecule has 38 heavy (non-hydrogen) atoms. The monoisotopic (exact) mass is 560 g/mol. The predicted molar refractivity (Wildman–Crippen MR) is 144 cm³/mol. The number of fused-ring (bicyclic) bond motifs is 1. The molecule has 2 aromatic heterocycles. The SMILES string of the molecule is CCOc1nn(CC)cc1S(=O)(=O)N1C[C@H](CCC(=O)OC)Oc2ccc(/C=C/c3ncccc3Cl)cc21. The number of nitrogens with zero attached hydrogens (tertiary/aromatic N) is 4. The number of esters is 1. The number of sulfonamides is 1. The lowest BCUT2D eigenvalue weighted by Gasteiger charge is -2.35. The van der Waals surface area contributed by atoms with Crippen LogP contribution in [0.4, 0.5) is 5.69 Å². The smallest absolute Gasteiger partial charge is 0.305 e. The third-order valence-electron chi connectivity index (χ3n) is 5.90.